The SMILES string of the molecule is C[C@@H]1CN(c2ccc(C(C)(F)F)cc2/C=C2\SC(=O)NC2=O)C[C@H](C)N1. The van der Waals surface area contributed by atoms with Crippen molar-refractivity contribution >= 4 is 34.7 Å². The van der Waals surface area contributed by atoms with Crippen molar-refractivity contribution in [2.24, 2.45) is 0 Å². The smallest absolute Gasteiger partial charge is 0.290 e. The number of piperazine rings is 1. The minimum absolute atomic E-state index is 0.126. The number of nitrogens with one attached hydrogen (secondary N) is 2. The quantitative estimate of drug-likeness (QED) is 0.787. The topological polar surface area (TPSA) is 61.4 Å². The lowest BCUT2D eigenvalue weighted by atomic mass is 10.0. The highest BCUT2D eigenvalue weighted by atomic mass is 32.2. The van der Waals surface area contributed by atoms with E-state index in [1.165, 1.54) is 18.2 Å². The minimum atomic E-state index is -2.99. The Morgan fingerprint density at radius 3 is 2.42 bits per heavy atom. The Labute approximate surface area is 155 Å². The molecule has 0 bridgehead atoms. The van der Waals surface area contributed by atoms with Crippen LogP contribution in [0.25, 0.3) is 6.08 Å². The predicted octanol–water partition coefficient (Wildman–Crippen LogP) is 3.31. The number of imide groups is 1. The number of benzene rings is 1. The fourth-order valence-corrected chi connectivity index (χ4v) is 3.99. The van der Waals surface area contributed by atoms with Crippen LogP contribution in [0.1, 0.15) is 31.9 Å². The van der Waals surface area contributed by atoms with Crippen LogP contribution in [-0.2, 0) is 10.7 Å². The zero-order valence-corrected chi connectivity index (χ0v) is 15.6. The van der Waals surface area contributed by atoms with Crippen LogP contribution in [0, 0.1) is 0 Å². The number of carbonyl (C=O) groups excluding carboxylic acids is 2. The van der Waals surface area contributed by atoms with Crippen molar-refractivity contribution in [3.8, 4) is 0 Å². The molecule has 1 aromatic carbocycles. The van der Waals surface area contributed by atoms with Gasteiger partial charge in [-0.2, -0.15) is 0 Å². The molecule has 2 saturated heterocycles. The molecular weight excluding hydrogens is 360 g/mol. The van der Waals surface area contributed by atoms with Gasteiger partial charge in [0.15, 0.2) is 0 Å². The summed E-state index contributed by atoms with van der Waals surface area (Å²) < 4.78 is 27.6. The van der Waals surface area contributed by atoms with Gasteiger partial charge in [0.2, 0.25) is 0 Å². The summed E-state index contributed by atoms with van der Waals surface area (Å²) in [5.74, 6) is -3.49. The molecule has 0 saturated carbocycles. The van der Waals surface area contributed by atoms with Gasteiger partial charge in [0.25, 0.3) is 17.1 Å². The Hall–Kier alpha value is -1.93. The fraction of sp³-hybridized carbons (Fsp3) is 0.444. The third kappa shape index (κ3) is 4.07. The van der Waals surface area contributed by atoms with Crippen LogP contribution < -0.4 is 15.5 Å². The highest BCUT2D eigenvalue weighted by Gasteiger charge is 2.29. The standard InChI is InChI=1S/C18H21F2N3O2S/c1-10-8-23(9-11(2)21-10)14-5-4-13(18(3,19)20)6-12(14)7-15-16(24)22-17(25)26-15/h4-7,10-11,21H,8-9H2,1-3H3,(H,22,24,25)/b15-7-/t10-,11+. The van der Waals surface area contributed by atoms with Crippen molar-refractivity contribution < 1.29 is 18.4 Å². The van der Waals surface area contributed by atoms with Crippen molar-refractivity contribution in [3.63, 3.8) is 0 Å². The summed E-state index contributed by atoms with van der Waals surface area (Å²) in [7, 11) is 0. The van der Waals surface area contributed by atoms with E-state index in [9.17, 15) is 18.4 Å². The first-order valence-electron chi connectivity index (χ1n) is 8.41. The second-order valence-electron chi connectivity index (χ2n) is 6.89. The third-order valence-electron chi connectivity index (χ3n) is 4.36. The van der Waals surface area contributed by atoms with Gasteiger partial charge in [-0.3, -0.25) is 14.9 Å². The molecular formula is C18H21F2N3O2S. The molecule has 0 spiro atoms. The van der Waals surface area contributed by atoms with Crippen LogP contribution in [0.15, 0.2) is 23.1 Å². The van der Waals surface area contributed by atoms with Crippen LogP contribution in [0.3, 0.4) is 0 Å². The highest BCUT2D eigenvalue weighted by Crippen LogP contribution is 2.35. The molecule has 1 aromatic rings. The molecule has 2 heterocycles. The van der Waals surface area contributed by atoms with Gasteiger partial charge in [-0.05, 0) is 49.4 Å². The second-order valence-corrected chi connectivity index (χ2v) is 7.90. The molecule has 0 aromatic heterocycles. The van der Waals surface area contributed by atoms with Crippen LogP contribution >= 0.6 is 11.8 Å². The third-order valence-corrected chi connectivity index (χ3v) is 5.17. The second kappa shape index (κ2) is 7.00. The average Bonchev–Trinajstić information content (AvgIpc) is 2.83. The monoisotopic (exact) mass is 381 g/mol. The predicted molar refractivity (Wildman–Crippen MR) is 99.4 cm³/mol. The van der Waals surface area contributed by atoms with Gasteiger partial charge in [-0.15, -0.1) is 0 Å². The summed E-state index contributed by atoms with van der Waals surface area (Å²) in [5.41, 5.74) is 1.16. The van der Waals surface area contributed by atoms with Crippen molar-refractivity contribution in [2.75, 3.05) is 18.0 Å². The Bertz CT molecular complexity index is 766. The summed E-state index contributed by atoms with van der Waals surface area (Å²) in [6.45, 7) is 6.42. The first-order chi connectivity index (χ1) is 12.1. The molecule has 0 unspecified atom stereocenters. The summed E-state index contributed by atoms with van der Waals surface area (Å²) in [5, 5.41) is 5.17. The highest BCUT2D eigenvalue weighted by molar-refractivity contribution is 8.18. The van der Waals surface area contributed by atoms with Crippen LogP contribution in [0.4, 0.5) is 19.3 Å². The van der Waals surface area contributed by atoms with Crippen LogP contribution in [0.5, 0.6) is 0 Å². The molecule has 2 N–H and O–H groups in total. The number of thioether (sulfide) groups is 1. The van der Waals surface area contributed by atoms with Gasteiger partial charge in [0.1, 0.15) is 0 Å². The number of halogens is 2. The molecule has 2 fully saturated rings. The van der Waals surface area contributed by atoms with Gasteiger partial charge in [0.05, 0.1) is 4.91 Å². The Morgan fingerprint density at radius 2 is 1.88 bits per heavy atom. The number of anilines is 1. The van der Waals surface area contributed by atoms with E-state index in [1.54, 1.807) is 6.07 Å². The molecule has 2 atom stereocenters. The summed E-state index contributed by atoms with van der Waals surface area (Å²) in [4.78, 5) is 25.6. The summed E-state index contributed by atoms with van der Waals surface area (Å²) >= 11 is 0.781. The van der Waals surface area contributed by atoms with E-state index in [2.05, 4.69) is 29.4 Å². The zero-order valence-electron chi connectivity index (χ0n) is 14.8. The number of hydrogen-bond donors (Lipinski definition) is 2. The van der Waals surface area contributed by atoms with Gasteiger partial charge in [-0.25, -0.2) is 8.78 Å². The van der Waals surface area contributed by atoms with E-state index < -0.39 is 17.1 Å². The van der Waals surface area contributed by atoms with E-state index >= 15 is 0 Å². The normalized spacial score (nSPS) is 25.7. The molecule has 0 radical (unpaired) electrons. The fourth-order valence-electron chi connectivity index (χ4n) is 3.32. The van der Waals surface area contributed by atoms with Gasteiger partial charge >= 0.3 is 0 Å². The average molecular weight is 381 g/mol. The Kier molecular flexibility index (Phi) is 5.07. The number of amides is 2. The molecule has 8 heteroatoms. The van der Waals surface area contributed by atoms with E-state index in [0.717, 1.165) is 37.5 Å². The van der Waals surface area contributed by atoms with Crippen molar-refractivity contribution in [3.05, 3.63) is 34.2 Å². The van der Waals surface area contributed by atoms with Gasteiger partial charge < -0.3 is 10.2 Å². The molecule has 26 heavy (non-hydrogen) atoms. The van der Waals surface area contributed by atoms with Crippen molar-refractivity contribution in [2.45, 2.75) is 38.8 Å². The molecule has 2 aliphatic rings. The summed E-state index contributed by atoms with van der Waals surface area (Å²) in [6, 6.07) is 4.98. The van der Waals surface area contributed by atoms with Crippen molar-refractivity contribution in [1.29, 1.82) is 0 Å². The summed E-state index contributed by atoms with van der Waals surface area (Å²) in [6.07, 6.45) is 1.52. The van der Waals surface area contributed by atoms with Gasteiger partial charge in [0, 0.05) is 43.3 Å². The molecule has 2 amide bonds. The number of carbonyl (C=O) groups is 2. The molecule has 3 rings (SSSR count). The zero-order chi connectivity index (χ0) is 19.1. The maximum atomic E-state index is 13.8. The molecule has 140 valence electrons. The molecule has 5 nitrogen and oxygen atoms in total. The van der Waals surface area contributed by atoms with Crippen molar-refractivity contribution in [1.82, 2.24) is 10.6 Å². The largest absolute Gasteiger partial charge is 0.368 e. The first-order valence-corrected chi connectivity index (χ1v) is 9.23. The number of hydrogen-bond acceptors (Lipinski definition) is 5. The number of alkyl halides is 2. The maximum absolute atomic E-state index is 13.8. The number of nitrogens with zero attached hydrogens (tertiary/aromatic N) is 1. The van der Waals surface area contributed by atoms with E-state index in [1.807, 2.05) is 0 Å². The maximum Gasteiger partial charge on any atom is 0.290 e. The Morgan fingerprint density at radius 1 is 1.23 bits per heavy atom. The van der Waals surface area contributed by atoms with Crippen LogP contribution in [0.2, 0.25) is 0 Å². The lowest BCUT2D eigenvalue weighted by molar-refractivity contribution is -0.115. The number of rotatable bonds is 3. The Balaban J connectivity index is 2.05. The molecule has 2 aliphatic heterocycles. The first kappa shape index (κ1) is 18.8. The lowest BCUT2D eigenvalue weighted by Gasteiger charge is -2.38. The van der Waals surface area contributed by atoms with E-state index in [-0.39, 0.29) is 22.6 Å². The minimum Gasteiger partial charge on any atom is -0.368 e. The van der Waals surface area contributed by atoms with E-state index in [0.29, 0.717) is 5.56 Å². The lowest BCUT2D eigenvalue weighted by Crippen LogP contribution is -2.54. The van der Waals surface area contributed by atoms with Crippen LogP contribution in [-0.4, -0.2) is 36.3 Å². The van der Waals surface area contributed by atoms with Gasteiger partial charge in [-0.1, -0.05) is 6.07 Å². The van der Waals surface area contributed by atoms with E-state index in [4.69, 9.17) is 0 Å². The molecule has 0 aliphatic carbocycles.